The second kappa shape index (κ2) is 2.29. The molecule has 1 aliphatic heterocycles. The summed E-state index contributed by atoms with van der Waals surface area (Å²) in [6.45, 7) is 0. The van der Waals surface area contributed by atoms with Crippen molar-refractivity contribution in [3.8, 4) is 0 Å². The molecule has 1 N–H and O–H groups in total. The summed E-state index contributed by atoms with van der Waals surface area (Å²) >= 11 is 0. The van der Waals surface area contributed by atoms with Gasteiger partial charge in [-0.1, -0.05) is 17.1 Å². The first kappa shape index (κ1) is 5.71. The van der Waals surface area contributed by atoms with E-state index in [-0.39, 0.29) is 0 Å². The Kier molecular flexibility index (Phi) is 1.31. The number of rotatable bonds is 0. The molecule has 0 aromatic carbocycles. The third-order valence-corrected chi connectivity index (χ3v) is 1.91. The molecule has 10 heavy (non-hydrogen) atoms. The van der Waals surface area contributed by atoms with Gasteiger partial charge in [0.15, 0.2) is 0 Å². The maximum atomic E-state index is 4.01. The average molecular weight is 134 g/mol. The van der Waals surface area contributed by atoms with Gasteiger partial charge in [0.25, 0.3) is 6.34 Å². The van der Waals surface area contributed by atoms with Crippen LogP contribution in [0, 0.1) is 0 Å². The second-order valence-corrected chi connectivity index (χ2v) is 2.61. The summed E-state index contributed by atoms with van der Waals surface area (Å²) < 4.78 is 0. The van der Waals surface area contributed by atoms with Gasteiger partial charge in [0, 0.05) is 5.57 Å². The average Bonchev–Trinajstić information content (AvgIpc) is 2.05. The van der Waals surface area contributed by atoms with E-state index in [0.717, 1.165) is 0 Å². The van der Waals surface area contributed by atoms with E-state index < -0.39 is 0 Å². The molecule has 2 rings (SSSR count). The van der Waals surface area contributed by atoms with Gasteiger partial charge in [-0.3, -0.25) is 5.32 Å². The Balaban J connectivity index is 2.27. The molecule has 0 saturated carbocycles. The zero-order valence-electron chi connectivity index (χ0n) is 5.75. The van der Waals surface area contributed by atoms with E-state index in [2.05, 4.69) is 22.5 Å². The standard InChI is InChI=1S/C8H10N2/c1-2-4-8-7(3-1)5-9-6-10-8/h1,3,5-6,8,10H,2,4H2/q+1. The summed E-state index contributed by atoms with van der Waals surface area (Å²) in [5, 5.41) is 3.21. The van der Waals surface area contributed by atoms with Crippen LogP contribution in [0.1, 0.15) is 12.8 Å². The van der Waals surface area contributed by atoms with E-state index in [1.165, 1.54) is 18.4 Å². The third kappa shape index (κ3) is 0.856. The van der Waals surface area contributed by atoms with Gasteiger partial charge in [0.2, 0.25) is 0 Å². The van der Waals surface area contributed by atoms with Crippen molar-refractivity contribution in [1.82, 2.24) is 10.3 Å². The second-order valence-electron chi connectivity index (χ2n) is 2.61. The van der Waals surface area contributed by atoms with Gasteiger partial charge in [-0.15, -0.1) is 0 Å². The molecule has 2 aliphatic rings. The Morgan fingerprint density at radius 1 is 1.60 bits per heavy atom. The highest BCUT2D eigenvalue weighted by Gasteiger charge is 2.20. The SMILES string of the molecule is C1=CC2=C[N+]=CNC2CC1. The molecule has 0 aromatic heterocycles. The molecule has 1 heterocycles. The minimum Gasteiger partial charge on any atom is -0.270 e. The molecule has 0 bridgehead atoms. The number of fused-ring (bicyclic) bond motifs is 1. The molecule has 51 valence electrons. The number of aliphatic imine (C=N–C) groups is 1. The lowest BCUT2D eigenvalue weighted by Crippen LogP contribution is -2.34. The number of hydrogen-bond acceptors (Lipinski definition) is 2. The predicted molar refractivity (Wildman–Crippen MR) is 41.6 cm³/mol. The Labute approximate surface area is 60.3 Å². The summed E-state index contributed by atoms with van der Waals surface area (Å²) in [4.78, 5) is 4.01. The zero-order chi connectivity index (χ0) is 6.81. The van der Waals surface area contributed by atoms with E-state index in [1.54, 1.807) is 6.34 Å². The largest absolute Gasteiger partial charge is 0.279 e. The van der Waals surface area contributed by atoms with E-state index in [1.807, 2.05) is 6.20 Å². The van der Waals surface area contributed by atoms with Crippen LogP contribution in [0.25, 0.3) is 0 Å². The molecule has 1 aliphatic carbocycles. The van der Waals surface area contributed by atoms with Crippen molar-refractivity contribution in [1.29, 1.82) is 0 Å². The molecule has 0 spiro atoms. The fourth-order valence-corrected chi connectivity index (χ4v) is 1.33. The molecule has 1 atom stereocenters. The van der Waals surface area contributed by atoms with Gasteiger partial charge in [-0.05, 0) is 12.8 Å². The number of allylic oxidation sites excluding steroid dienone is 1. The summed E-state index contributed by atoms with van der Waals surface area (Å²) in [6, 6.07) is 0.530. The van der Waals surface area contributed by atoms with Crippen molar-refractivity contribution in [3.05, 3.63) is 23.9 Å². The van der Waals surface area contributed by atoms with Crippen LogP contribution < -0.4 is 10.3 Å². The van der Waals surface area contributed by atoms with Crippen molar-refractivity contribution < 1.29 is 0 Å². The molecule has 0 amide bonds. The van der Waals surface area contributed by atoms with Crippen LogP contribution in [0.4, 0.5) is 0 Å². The maximum Gasteiger partial charge on any atom is 0.279 e. The fourth-order valence-electron chi connectivity index (χ4n) is 1.33. The monoisotopic (exact) mass is 134 g/mol. The Morgan fingerprint density at radius 3 is 3.50 bits per heavy atom. The van der Waals surface area contributed by atoms with Gasteiger partial charge >= 0.3 is 0 Å². The van der Waals surface area contributed by atoms with Gasteiger partial charge in [-0.25, -0.2) is 0 Å². The lowest BCUT2D eigenvalue weighted by atomic mass is 9.97. The zero-order valence-corrected chi connectivity index (χ0v) is 5.75. The molecule has 2 nitrogen and oxygen atoms in total. The number of nitrogens with zero attached hydrogens (tertiary/aromatic N) is 1. The maximum absolute atomic E-state index is 4.01. The van der Waals surface area contributed by atoms with Gasteiger partial charge in [-0.2, -0.15) is 0 Å². The first-order chi connectivity index (χ1) is 4.97. The highest BCUT2D eigenvalue weighted by molar-refractivity contribution is 5.58. The molecule has 1 radical (unpaired) electrons. The molecule has 0 saturated heterocycles. The smallest absolute Gasteiger partial charge is 0.270 e. The van der Waals surface area contributed by atoms with E-state index in [0.29, 0.717) is 6.04 Å². The van der Waals surface area contributed by atoms with Crippen LogP contribution in [0.5, 0.6) is 0 Å². The topological polar surface area (TPSA) is 26.1 Å². The van der Waals surface area contributed by atoms with Crippen LogP contribution in [0.2, 0.25) is 0 Å². The lowest BCUT2D eigenvalue weighted by molar-refractivity contribution is 0.627. The highest BCUT2D eigenvalue weighted by Crippen LogP contribution is 2.16. The van der Waals surface area contributed by atoms with Crippen molar-refractivity contribution in [2.75, 3.05) is 0 Å². The van der Waals surface area contributed by atoms with Crippen molar-refractivity contribution in [3.63, 3.8) is 0 Å². The van der Waals surface area contributed by atoms with Gasteiger partial charge in [0.05, 0.1) is 0 Å². The fraction of sp³-hybridized carbons (Fsp3) is 0.375. The molecule has 0 fully saturated rings. The van der Waals surface area contributed by atoms with E-state index in [4.69, 9.17) is 0 Å². The lowest BCUT2D eigenvalue weighted by Gasteiger charge is -2.16. The van der Waals surface area contributed by atoms with Crippen molar-refractivity contribution in [2.24, 2.45) is 0 Å². The minimum absolute atomic E-state index is 0.530. The van der Waals surface area contributed by atoms with E-state index in [9.17, 15) is 0 Å². The van der Waals surface area contributed by atoms with Crippen LogP contribution in [0.15, 0.2) is 23.9 Å². The van der Waals surface area contributed by atoms with Crippen molar-refractivity contribution in [2.45, 2.75) is 18.9 Å². The quantitative estimate of drug-likeness (QED) is 0.514. The van der Waals surface area contributed by atoms with Gasteiger partial charge in [0.1, 0.15) is 12.2 Å². The molecular weight excluding hydrogens is 124 g/mol. The Morgan fingerprint density at radius 2 is 2.60 bits per heavy atom. The number of nitrogens with one attached hydrogen (secondary N) is 1. The first-order valence-electron chi connectivity index (χ1n) is 3.61. The molecular formula is C8H10N2+. The highest BCUT2D eigenvalue weighted by atomic mass is 15.0. The molecule has 0 aromatic rings. The van der Waals surface area contributed by atoms with Gasteiger partial charge < -0.3 is 0 Å². The third-order valence-electron chi connectivity index (χ3n) is 1.91. The minimum atomic E-state index is 0.530. The van der Waals surface area contributed by atoms with Crippen LogP contribution in [0.3, 0.4) is 0 Å². The Bertz CT molecular complexity index is 213. The first-order valence-corrected chi connectivity index (χ1v) is 3.61. The normalized spacial score (nSPS) is 28.8. The molecule has 2 heteroatoms. The van der Waals surface area contributed by atoms with E-state index >= 15 is 0 Å². The Hall–Kier alpha value is -1.05. The molecule has 1 unspecified atom stereocenters. The van der Waals surface area contributed by atoms with Crippen LogP contribution in [-0.4, -0.2) is 12.4 Å². The van der Waals surface area contributed by atoms with Crippen LogP contribution >= 0.6 is 0 Å². The predicted octanol–water partition coefficient (Wildman–Crippen LogP) is 0.556. The summed E-state index contributed by atoms with van der Waals surface area (Å²) in [5.74, 6) is 0. The van der Waals surface area contributed by atoms with Crippen molar-refractivity contribution >= 4 is 6.34 Å². The van der Waals surface area contributed by atoms with Crippen LogP contribution in [-0.2, 0) is 0 Å². The summed E-state index contributed by atoms with van der Waals surface area (Å²) in [7, 11) is 0. The summed E-state index contributed by atoms with van der Waals surface area (Å²) in [5.41, 5.74) is 1.31. The summed E-state index contributed by atoms with van der Waals surface area (Å²) in [6.07, 6.45) is 10.4. The number of hydrogen-bond donors (Lipinski definition) is 1.